The van der Waals surface area contributed by atoms with Crippen LogP contribution in [0.25, 0.3) is 22.4 Å². The van der Waals surface area contributed by atoms with E-state index in [0.29, 0.717) is 5.89 Å². The fourth-order valence-corrected chi connectivity index (χ4v) is 4.34. The molecule has 1 aromatic carbocycles. The van der Waals surface area contributed by atoms with Gasteiger partial charge in [-0.1, -0.05) is 0 Å². The number of carbonyl (C=O) groups is 1. The number of piperidine rings is 1. The summed E-state index contributed by atoms with van der Waals surface area (Å²) in [6, 6.07) is 7.84. The molecule has 5 rings (SSSR count). The molecule has 1 saturated heterocycles. The van der Waals surface area contributed by atoms with Crippen molar-refractivity contribution in [3.05, 3.63) is 53.8 Å². The van der Waals surface area contributed by atoms with Gasteiger partial charge in [-0.25, -0.2) is 4.98 Å². The zero-order chi connectivity index (χ0) is 22.2. The van der Waals surface area contributed by atoms with Crippen LogP contribution in [0, 0.1) is 13.8 Å². The van der Waals surface area contributed by atoms with Crippen LogP contribution in [0.3, 0.4) is 0 Å². The second-order valence-corrected chi connectivity index (χ2v) is 8.41. The molecule has 0 bridgehead atoms. The van der Waals surface area contributed by atoms with Gasteiger partial charge in [0.1, 0.15) is 6.26 Å². The van der Waals surface area contributed by atoms with Gasteiger partial charge < -0.3 is 14.6 Å². The number of carbonyl (C=O) groups excluding carboxylic acids is 1. The number of aromatic nitrogens is 4. The molecule has 1 amide bonds. The molecule has 0 unspecified atom stereocenters. The maximum Gasteiger partial charge on any atom is 0.277 e. The fourth-order valence-electron chi connectivity index (χ4n) is 4.34. The highest BCUT2D eigenvalue weighted by Crippen LogP contribution is 2.33. The monoisotopic (exact) mass is 430 g/mol. The van der Waals surface area contributed by atoms with Crippen molar-refractivity contribution in [1.29, 1.82) is 0 Å². The lowest BCUT2D eigenvalue weighted by Gasteiger charge is -2.30. The van der Waals surface area contributed by atoms with Gasteiger partial charge in [0.15, 0.2) is 5.69 Å². The third-order valence-corrected chi connectivity index (χ3v) is 5.75. The van der Waals surface area contributed by atoms with Crippen LogP contribution >= 0.6 is 0 Å². The van der Waals surface area contributed by atoms with E-state index in [-0.39, 0.29) is 11.6 Å². The Hall–Kier alpha value is -3.68. The predicted octanol–water partition coefficient (Wildman–Crippen LogP) is 4.48. The third-order valence-electron chi connectivity index (χ3n) is 5.75. The number of nitrogens with one attached hydrogen (secondary N) is 1. The average molecular weight is 431 g/mol. The molecule has 164 valence electrons. The van der Waals surface area contributed by atoms with Gasteiger partial charge in [-0.15, -0.1) is 0 Å². The molecule has 1 aliphatic rings. The van der Waals surface area contributed by atoms with E-state index < -0.39 is 0 Å². The lowest BCUT2D eigenvalue weighted by atomic mass is 10.1. The topological polar surface area (TPSA) is 89.1 Å². The van der Waals surface area contributed by atoms with Crippen molar-refractivity contribution >= 4 is 28.2 Å². The van der Waals surface area contributed by atoms with Gasteiger partial charge in [-0.2, -0.15) is 5.10 Å². The maximum atomic E-state index is 13.1. The van der Waals surface area contributed by atoms with E-state index in [0.717, 1.165) is 65.2 Å². The van der Waals surface area contributed by atoms with Crippen molar-refractivity contribution in [2.75, 3.05) is 23.3 Å². The second-order valence-electron chi connectivity index (χ2n) is 8.41. The molecule has 1 fully saturated rings. The summed E-state index contributed by atoms with van der Waals surface area (Å²) in [5.74, 6) is 0.103. The normalized spacial score (nSPS) is 14.2. The molecule has 4 heterocycles. The summed E-state index contributed by atoms with van der Waals surface area (Å²) < 4.78 is 7.41. The van der Waals surface area contributed by atoms with Gasteiger partial charge in [0, 0.05) is 48.7 Å². The number of aryl methyl sites for hydroxylation is 3. The summed E-state index contributed by atoms with van der Waals surface area (Å²) in [5, 5.41) is 8.58. The van der Waals surface area contributed by atoms with E-state index in [4.69, 9.17) is 4.42 Å². The van der Waals surface area contributed by atoms with Crippen molar-refractivity contribution in [2.45, 2.75) is 33.1 Å². The molecule has 0 saturated carbocycles. The Morgan fingerprint density at radius 2 is 1.78 bits per heavy atom. The summed E-state index contributed by atoms with van der Waals surface area (Å²) in [6.07, 6.45) is 6.88. The van der Waals surface area contributed by atoms with E-state index in [1.54, 1.807) is 4.68 Å². The number of amides is 1. The Morgan fingerprint density at radius 1 is 1.03 bits per heavy atom. The fraction of sp³-hybridized carbons (Fsp3) is 0.333. The number of anilines is 2. The van der Waals surface area contributed by atoms with Gasteiger partial charge in [0.05, 0.1) is 16.9 Å². The molecule has 0 atom stereocenters. The standard InChI is InChI=1S/C24H26N6O2/c1-15-9-17(10-16(2)25-15)24-27-21(14-32-24)23(31)26-20-11-18-13-29(3)28-19(18)12-22(20)30-7-5-4-6-8-30/h9-14H,4-8H2,1-3H3,(H,26,31). The number of hydrogen-bond acceptors (Lipinski definition) is 6. The van der Waals surface area contributed by atoms with Crippen LogP contribution in [0.5, 0.6) is 0 Å². The van der Waals surface area contributed by atoms with Crippen LogP contribution in [0.2, 0.25) is 0 Å². The highest BCUT2D eigenvalue weighted by molar-refractivity contribution is 6.06. The molecular weight excluding hydrogens is 404 g/mol. The number of pyridine rings is 1. The highest BCUT2D eigenvalue weighted by atomic mass is 16.3. The molecule has 8 heteroatoms. The van der Waals surface area contributed by atoms with Crippen molar-refractivity contribution in [2.24, 2.45) is 7.05 Å². The summed E-state index contributed by atoms with van der Waals surface area (Å²) in [4.78, 5) is 24.2. The zero-order valence-electron chi connectivity index (χ0n) is 18.6. The minimum Gasteiger partial charge on any atom is -0.444 e. The molecule has 1 N–H and O–H groups in total. The van der Waals surface area contributed by atoms with Crippen LogP contribution < -0.4 is 10.2 Å². The first-order valence-electron chi connectivity index (χ1n) is 10.9. The summed E-state index contributed by atoms with van der Waals surface area (Å²) in [7, 11) is 1.90. The molecule has 1 aliphatic heterocycles. The number of fused-ring (bicyclic) bond motifs is 1. The Labute approximate surface area is 186 Å². The van der Waals surface area contributed by atoms with Crippen LogP contribution in [-0.4, -0.2) is 38.7 Å². The molecular formula is C24H26N6O2. The lowest BCUT2D eigenvalue weighted by Crippen LogP contribution is -2.30. The summed E-state index contributed by atoms with van der Waals surface area (Å²) in [5.41, 5.74) is 5.47. The van der Waals surface area contributed by atoms with Gasteiger partial charge in [-0.05, 0) is 57.4 Å². The first-order chi connectivity index (χ1) is 15.5. The Kier molecular flexibility index (Phi) is 5.13. The van der Waals surface area contributed by atoms with Crippen LogP contribution in [0.15, 0.2) is 41.1 Å². The highest BCUT2D eigenvalue weighted by Gasteiger charge is 2.20. The van der Waals surface area contributed by atoms with Crippen LogP contribution in [-0.2, 0) is 7.05 Å². The minimum atomic E-state index is -0.302. The van der Waals surface area contributed by atoms with Gasteiger partial charge in [0.25, 0.3) is 5.91 Å². The third kappa shape index (κ3) is 3.95. The lowest BCUT2D eigenvalue weighted by molar-refractivity contribution is 0.102. The van der Waals surface area contributed by atoms with Crippen LogP contribution in [0.4, 0.5) is 11.4 Å². The average Bonchev–Trinajstić information content (AvgIpc) is 3.39. The van der Waals surface area contributed by atoms with Crippen molar-refractivity contribution in [1.82, 2.24) is 19.7 Å². The molecule has 3 aromatic heterocycles. The first-order valence-corrected chi connectivity index (χ1v) is 10.9. The van der Waals surface area contributed by atoms with E-state index in [2.05, 4.69) is 31.3 Å². The van der Waals surface area contributed by atoms with Crippen LogP contribution in [0.1, 0.15) is 41.1 Å². The molecule has 0 spiro atoms. The Morgan fingerprint density at radius 3 is 2.53 bits per heavy atom. The molecule has 8 nitrogen and oxygen atoms in total. The predicted molar refractivity (Wildman–Crippen MR) is 124 cm³/mol. The summed E-state index contributed by atoms with van der Waals surface area (Å²) in [6.45, 7) is 5.78. The van der Waals surface area contributed by atoms with Gasteiger partial charge in [0.2, 0.25) is 5.89 Å². The molecule has 0 radical (unpaired) electrons. The largest absolute Gasteiger partial charge is 0.444 e. The zero-order valence-corrected chi connectivity index (χ0v) is 18.6. The molecule has 4 aromatic rings. The first kappa shape index (κ1) is 20.2. The Balaban J connectivity index is 1.46. The van der Waals surface area contributed by atoms with E-state index >= 15 is 0 Å². The van der Waals surface area contributed by atoms with E-state index in [1.807, 2.05) is 45.3 Å². The maximum absolute atomic E-state index is 13.1. The number of hydrogen-bond donors (Lipinski definition) is 1. The quantitative estimate of drug-likeness (QED) is 0.513. The number of benzene rings is 1. The van der Waals surface area contributed by atoms with Gasteiger partial charge in [-0.3, -0.25) is 14.5 Å². The van der Waals surface area contributed by atoms with Gasteiger partial charge >= 0.3 is 0 Å². The molecule has 32 heavy (non-hydrogen) atoms. The van der Waals surface area contributed by atoms with Crippen molar-refractivity contribution in [3.8, 4) is 11.5 Å². The minimum absolute atomic E-state index is 0.239. The second kappa shape index (κ2) is 8.11. The van der Waals surface area contributed by atoms with Crippen molar-refractivity contribution < 1.29 is 9.21 Å². The Bertz CT molecular complexity index is 1280. The smallest absolute Gasteiger partial charge is 0.277 e. The van der Waals surface area contributed by atoms with E-state index in [9.17, 15) is 4.79 Å². The number of nitrogens with zero attached hydrogens (tertiary/aromatic N) is 5. The SMILES string of the molecule is Cc1cc(-c2nc(C(=O)Nc3cc4cn(C)nc4cc3N3CCCCC3)co2)cc(C)n1. The number of oxazole rings is 1. The van der Waals surface area contributed by atoms with Crippen molar-refractivity contribution in [3.63, 3.8) is 0 Å². The van der Waals surface area contributed by atoms with E-state index in [1.165, 1.54) is 12.7 Å². The number of rotatable bonds is 4. The molecule has 0 aliphatic carbocycles. The summed E-state index contributed by atoms with van der Waals surface area (Å²) >= 11 is 0.